The molecular weight excluding hydrogens is 346 g/mol. The van der Waals surface area contributed by atoms with Crippen molar-refractivity contribution in [3.63, 3.8) is 0 Å². The molecule has 0 fully saturated rings. The second-order valence-electron chi connectivity index (χ2n) is 6.24. The van der Waals surface area contributed by atoms with Crippen molar-refractivity contribution in [1.82, 2.24) is 9.36 Å². The minimum absolute atomic E-state index is 0. The zero-order valence-electron chi connectivity index (χ0n) is 15.0. The number of fused-ring (bicyclic) bond motifs is 1. The molecule has 1 unspecified atom stereocenters. The van der Waals surface area contributed by atoms with E-state index >= 15 is 0 Å². The van der Waals surface area contributed by atoms with Gasteiger partial charge in [-0.2, -0.15) is 0 Å². The first-order valence-electron chi connectivity index (χ1n) is 8.34. The number of nitrogens with zero attached hydrogens (tertiary/aromatic N) is 5. The van der Waals surface area contributed by atoms with Gasteiger partial charge in [0.1, 0.15) is 0 Å². The molecule has 0 aliphatic carbocycles. The molecule has 1 aliphatic heterocycles. The Labute approximate surface area is 158 Å². The molecule has 0 bridgehead atoms. The van der Waals surface area contributed by atoms with Gasteiger partial charge in [-0.15, -0.1) is 4.68 Å². The first-order valence-corrected chi connectivity index (χ1v) is 8.34. The summed E-state index contributed by atoms with van der Waals surface area (Å²) in [6, 6.07) is 20.2. The molecule has 0 radical (unpaired) electrons. The summed E-state index contributed by atoms with van der Waals surface area (Å²) < 4.78 is 4.14. The zero-order chi connectivity index (χ0) is 17.4. The lowest BCUT2D eigenvalue weighted by Crippen LogP contribution is -3.00. The lowest BCUT2D eigenvalue weighted by molar-refractivity contribution is -0.157. The number of aromatic nitrogens is 2. The monoisotopic (exact) mass is 365 g/mol. The molecule has 1 atom stereocenters. The average molecular weight is 366 g/mol. The Morgan fingerprint density at radius 3 is 2.46 bits per heavy atom. The zero-order valence-corrected chi connectivity index (χ0v) is 15.7. The van der Waals surface area contributed by atoms with Gasteiger partial charge in [0, 0.05) is 18.3 Å². The van der Waals surface area contributed by atoms with Crippen molar-refractivity contribution in [1.29, 1.82) is 0 Å². The van der Waals surface area contributed by atoms with E-state index in [-0.39, 0.29) is 18.4 Å². The van der Waals surface area contributed by atoms with Crippen LogP contribution in [0.1, 0.15) is 24.2 Å². The minimum atomic E-state index is -0.110. The van der Waals surface area contributed by atoms with Gasteiger partial charge in [-0.05, 0) is 37.2 Å². The number of aliphatic imine (C=N–C) groups is 1. The molecule has 6 heteroatoms. The lowest BCUT2D eigenvalue weighted by atomic mass is 10.1. The number of benzene rings is 2. The van der Waals surface area contributed by atoms with Crippen LogP contribution < -0.4 is 17.9 Å². The normalized spacial score (nSPS) is 14.9. The summed E-state index contributed by atoms with van der Waals surface area (Å²) in [6.45, 7) is 4.07. The van der Waals surface area contributed by atoms with Crippen LogP contribution in [0.15, 0.2) is 70.8 Å². The van der Waals surface area contributed by atoms with Crippen LogP contribution in [0.4, 0.5) is 5.69 Å². The molecule has 0 saturated carbocycles. The molecular formula is C20H20ClN5. The Balaban J connectivity index is 0.00000196. The van der Waals surface area contributed by atoms with Crippen LogP contribution >= 0.6 is 0 Å². The average Bonchev–Trinajstić information content (AvgIpc) is 3.10. The summed E-state index contributed by atoms with van der Waals surface area (Å²) in [5.74, 6) is 0. The molecule has 0 N–H and O–H groups in total. The van der Waals surface area contributed by atoms with Gasteiger partial charge < -0.3 is 12.4 Å². The third-order valence-corrected chi connectivity index (χ3v) is 4.57. The van der Waals surface area contributed by atoms with Crippen molar-refractivity contribution in [3.8, 4) is 5.69 Å². The molecule has 26 heavy (non-hydrogen) atoms. The highest BCUT2D eigenvalue weighted by molar-refractivity contribution is 5.95. The van der Waals surface area contributed by atoms with Gasteiger partial charge in [-0.1, -0.05) is 41.2 Å². The maximum atomic E-state index is 4.62. The van der Waals surface area contributed by atoms with Crippen LogP contribution in [0.2, 0.25) is 0 Å². The van der Waals surface area contributed by atoms with E-state index in [0.717, 1.165) is 33.8 Å². The van der Waals surface area contributed by atoms with Crippen molar-refractivity contribution < 1.29 is 17.2 Å². The summed E-state index contributed by atoms with van der Waals surface area (Å²) in [6.07, 6.45) is 0. The van der Waals surface area contributed by atoms with E-state index in [1.165, 1.54) is 0 Å². The van der Waals surface area contributed by atoms with Crippen molar-refractivity contribution >= 4 is 11.4 Å². The second-order valence-corrected chi connectivity index (χ2v) is 6.24. The second kappa shape index (κ2) is 7.16. The first-order chi connectivity index (χ1) is 12.1. The fourth-order valence-electron chi connectivity index (χ4n) is 3.16. The minimum Gasteiger partial charge on any atom is -1.00 e. The molecule has 0 saturated heterocycles. The lowest BCUT2D eigenvalue weighted by Gasteiger charge is -2.01. The van der Waals surface area contributed by atoms with Crippen LogP contribution in [0, 0.1) is 6.92 Å². The van der Waals surface area contributed by atoms with E-state index < -0.39 is 0 Å². The predicted octanol–water partition coefficient (Wildman–Crippen LogP) is 0.537. The molecule has 2 aromatic carbocycles. The van der Waals surface area contributed by atoms with Crippen LogP contribution in [-0.2, 0) is 7.05 Å². The van der Waals surface area contributed by atoms with Crippen LogP contribution in [-0.4, -0.2) is 19.9 Å². The van der Waals surface area contributed by atoms with Gasteiger partial charge in [0.05, 0.1) is 17.4 Å². The molecule has 3 aromatic rings. The van der Waals surface area contributed by atoms with E-state index in [1.54, 1.807) is 0 Å². The highest BCUT2D eigenvalue weighted by atomic mass is 35.5. The Kier molecular flexibility index (Phi) is 4.94. The largest absolute Gasteiger partial charge is 1.00 e. The van der Waals surface area contributed by atoms with Crippen LogP contribution in [0.5, 0.6) is 0 Å². The van der Waals surface area contributed by atoms with E-state index in [9.17, 15) is 0 Å². The van der Waals surface area contributed by atoms with E-state index in [2.05, 4.69) is 49.4 Å². The van der Waals surface area contributed by atoms with Crippen molar-refractivity contribution in [2.75, 3.05) is 0 Å². The third-order valence-electron chi connectivity index (χ3n) is 4.57. The number of hydrogen-bond acceptors (Lipinski definition) is 2. The Bertz CT molecular complexity index is 1070. The summed E-state index contributed by atoms with van der Waals surface area (Å²) in [5.41, 5.74) is 6.07. The number of para-hydroxylation sites is 2. The van der Waals surface area contributed by atoms with E-state index in [1.807, 2.05) is 56.4 Å². The van der Waals surface area contributed by atoms with Gasteiger partial charge in [0.2, 0.25) is 0 Å². The van der Waals surface area contributed by atoms with E-state index in [0.29, 0.717) is 0 Å². The topological polar surface area (TPSA) is 48.7 Å². The molecule has 5 nitrogen and oxygen atoms in total. The highest BCUT2D eigenvalue weighted by Gasteiger charge is 2.25. The third kappa shape index (κ3) is 3.03. The summed E-state index contributed by atoms with van der Waals surface area (Å²) in [5, 5.41) is 4.62. The van der Waals surface area contributed by atoms with Gasteiger partial charge in [-0.3, -0.25) is 4.99 Å². The quantitative estimate of drug-likeness (QED) is 0.470. The van der Waals surface area contributed by atoms with Crippen molar-refractivity contribution in [2.45, 2.75) is 19.9 Å². The number of rotatable bonds is 2. The molecule has 0 amide bonds. The summed E-state index contributed by atoms with van der Waals surface area (Å²) >= 11 is 0. The van der Waals surface area contributed by atoms with E-state index in [4.69, 9.17) is 0 Å². The standard InChI is InChI=1S/C20H20N5.ClH/c1-14-13-19(25(24(14)3)16-9-5-4-6-10-16)22-23-20-15(2)21-18-12-8-7-11-17(18)20;/h4-13,20H,1-3H3;1H/q+1;/p-1. The molecule has 4 rings (SSSR count). The number of aryl methyl sites for hydroxylation is 1. The van der Waals surface area contributed by atoms with Crippen molar-refractivity contribution in [2.24, 2.45) is 17.2 Å². The summed E-state index contributed by atoms with van der Waals surface area (Å²) in [4.78, 5) is 9.18. The van der Waals surface area contributed by atoms with Gasteiger partial charge in [-0.25, -0.2) is 4.68 Å². The van der Waals surface area contributed by atoms with Crippen LogP contribution in [0.3, 0.4) is 0 Å². The molecule has 2 heterocycles. The van der Waals surface area contributed by atoms with Crippen LogP contribution in [0.25, 0.3) is 5.69 Å². The summed E-state index contributed by atoms with van der Waals surface area (Å²) in [7, 11) is 2.03. The SMILES string of the molecule is CC1=Nc2ccccc2C1N=[N+]=c1cc(C)n(C)n1-c1ccccc1.[Cl-]. The maximum Gasteiger partial charge on any atom is 0.431 e. The molecule has 1 aliphatic rings. The maximum absolute atomic E-state index is 4.62. The Morgan fingerprint density at radius 1 is 1.00 bits per heavy atom. The predicted molar refractivity (Wildman–Crippen MR) is 97.3 cm³/mol. The van der Waals surface area contributed by atoms with Gasteiger partial charge in [0.25, 0.3) is 0 Å². The van der Waals surface area contributed by atoms with Crippen molar-refractivity contribution in [3.05, 3.63) is 77.4 Å². The van der Waals surface area contributed by atoms with Gasteiger partial charge >= 0.3 is 5.49 Å². The number of hydrogen-bond donors (Lipinski definition) is 0. The van der Waals surface area contributed by atoms with Gasteiger partial charge in [0.15, 0.2) is 11.7 Å². The fraction of sp³-hybridized carbons (Fsp3) is 0.200. The molecule has 1 aromatic heterocycles. The smallest absolute Gasteiger partial charge is 0.431 e. The Morgan fingerprint density at radius 2 is 1.69 bits per heavy atom. The molecule has 132 valence electrons. The number of halogens is 1. The first kappa shape index (κ1) is 17.9. The fourth-order valence-corrected chi connectivity index (χ4v) is 3.16. The highest BCUT2D eigenvalue weighted by Crippen LogP contribution is 2.35. The Hall–Kier alpha value is -2.88. The molecule has 0 spiro atoms.